The third-order valence-electron chi connectivity index (χ3n) is 3.75. The van der Waals surface area contributed by atoms with E-state index in [0.717, 1.165) is 34.6 Å². The molecule has 0 saturated carbocycles. The number of nitrogens with zero attached hydrogens (tertiary/aromatic N) is 4. The van der Waals surface area contributed by atoms with Gasteiger partial charge in [-0.25, -0.2) is 4.98 Å². The van der Waals surface area contributed by atoms with Crippen LogP contribution in [0.5, 0.6) is 0 Å². The average molecular weight is 323 g/mol. The highest BCUT2D eigenvalue weighted by atomic mass is 79.9. The Hall–Kier alpha value is -1.43. The number of fused-ring (bicyclic) bond motifs is 1. The Morgan fingerprint density at radius 1 is 1.47 bits per heavy atom. The lowest BCUT2D eigenvalue weighted by molar-refractivity contribution is -0.132. The normalized spacial score (nSPS) is 20.3. The van der Waals surface area contributed by atoms with Gasteiger partial charge in [-0.2, -0.15) is 0 Å². The highest BCUT2D eigenvalue weighted by molar-refractivity contribution is 9.10. The van der Waals surface area contributed by atoms with Crippen molar-refractivity contribution in [1.29, 1.82) is 0 Å². The first-order valence-corrected chi connectivity index (χ1v) is 7.10. The number of rotatable bonds is 1. The molecule has 0 spiro atoms. The van der Waals surface area contributed by atoms with Crippen LogP contribution in [0, 0.1) is 6.92 Å². The summed E-state index contributed by atoms with van der Waals surface area (Å²) in [6.45, 7) is 2.76. The SMILES string of the molecule is Cc1nccn2c(C3CCN(C)C(=O)C3)nc(Br)c12. The van der Waals surface area contributed by atoms with E-state index >= 15 is 0 Å². The molecule has 1 fully saturated rings. The first-order valence-electron chi connectivity index (χ1n) is 6.31. The molecular formula is C13H15BrN4O. The summed E-state index contributed by atoms with van der Waals surface area (Å²) < 4.78 is 2.86. The van der Waals surface area contributed by atoms with Crippen LogP contribution in [0.4, 0.5) is 0 Å². The second-order valence-corrected chi connectivity index (χ2v) is 5.75. The lowest BCUT2D eigenvalue weighted by Crippen LogP contribution is -2.35. The molecule has 0 bridgehead atoms. The minimum absolute atomic E-state index is 0.185. The maximum absolute atomic E-state index is 11.9. The van der Waals surface area contributed by atoms with Gasteiger partial charge in [-0.3, -0.25) is 14.2 Å². The van der Waals surface area contributed by atoms with Gasteiger partial charge in [-0.15, -0.1) is 0 Å². The topological polar surface area (TPSA) is 50.5 Å². The smallest absolute Gasteiger partial charge is 0.223 e. The summed E-state index contributed by atoms with van der Waals surface area (Å²) in [5, 5.41) is 0. The predicted molar refractivity (Wildman–Crippen MR) is 75.0 cm³/mol. The molecule has 1 aliphatic rings. The number of hydrogen-bond donors (Lipinski definition) is 0. The predicted octanol–water partition coefficient (Wildman–Crippen LogP) is 2.14. The van der Waals surface area contributed by atoms with E-state index < -0.39 is 0 Å². The van der Waals surface area contributed by atoms with E-state index in [1.165, 1.54) is 0 Å². The molecule has 1 aliphatic heterocycles. The van der Waals surface area contributed by atoms with Crippen LogP contribution in [0.15, 0.2) is 17.0 Å². The molecule has 6 heteroatoms. The number of likely N-dealkylation sites (tertiary alicyclic amines) is 1. The van der Waals surface area contributed by atoms with Gasteiger partial charge in [0, 0.05) is 38.3 Å². The molecule has 3 heterocycles. The Kier molecular flexibility index (Phi) is 3.05. The van der Waals surface area contributed by atoms with Gasteiger partial charge in [0.2, 0.25) is 5.91 Å². The van der Waals surface area contributed by atoms with Crippen LogP contribution in [0.2, 0.25) is 0 Å². The van der Waals surface area contributed by atoms with Gasteiger partial charge in [0.1, 0.15) is 15.9 Å². The summed E-state index contributed by atoms with van der Waals surface area (Å²) in [4.78, 5) is 22.5. The highest BCUT2D eigenvalue weighted by Gasteiger charge is 2.28. The fraction of sp³-hybridized carbons (Fsp3) is 0.462. The summed E-state index contributed by atoms with van der Waals surface area (Å²) >= 11 is 3.49. The number of halogens is 1. The maximum atomic E-state index is 11.9. The molecule has 0 aromatic carbocycles. The van der Waals surface area contributed by atoms with E-state index in [1.54, 1.807) is 11.1 Å². The van der Waals surface area contributed by atoms with E-state index in [9.17, 15) is 4.79 Å². The lowest BCUT2D eigenvalue weighted by atomic mass is 9.96. The molecule has 0 N–H and O–H groups in total. The molecule has 1 unspecified atom stereocenters. The van der Waals surface area contributed by atoms with Crippen LogP contribution in [0.1, 0.15) is 30.3 Å². The van der Waals surface area contributed by atoms with E-state index in [0.29, 0.717) is 6.42 Å². The molecule has 0 radical (unpaired) electrons. The zero-order chi connectivity index (χ0) is 13.6. The van der Waals surface area contributed by atoms with E-state index in [1.807, 2.05) is 20.2 Å². The molecule has 2 aromatic rings. The molecular weight excluding hydrogens is 308 g/mol. The third-order valence-corrected chi connectivity index (χ3v) is 4.30. The van der Waals surface area contributed by atoms with Crippen LogP contribution < -0.4 is 0 Å². The standard InChI is InChI=1S/C13H15BrN4O/c1-8-11-12(14)16-13(18(11)6-4-15-8)9-3-5-17(2)10(19)7-9/h4,6,9H,3,5,7H2,1-2H3. The quantitative estimate of drug-likeness (QED) is 0.808. The van der Waals surface area contributed by atoms with Gasteiger partial charge >= 0.3 is 0 Å². The molecule has 0 aliphatic carbocycles. The fourth-order valence-corrected chi connectivity index (χ4v) is 3.28. The molecule has 1 saturated heterocycles. The van der Waals surface area contributed by atoms with Crippen molar-refractivity contribution in [1.82, 2.24) is 19.3 Å². The molecule has 1 amide bonds. The highest BCUT2D eigenvalue weighted by Crippen LogP contribution is 2.31. The zero-order valence-electron chi connectivity index (χ0n) is 10.9. The zero-order valence-corrected chi connectivity index (χ0v) is 12.5. The monoisotopic (exact) mass is 322 g/mol. The Labute approximate surface area is 119 Å². The van der Waals surface area contributed by atoms with Crippen molar-refractivity contribution in [3.63, 3.8) is 0 Å². The first kappa shape index (κ1) is 12.6. The van der Waals surface area contributed by atoms with Crippen LogP contribution in [0.25, 0.3) is 5.52 Å². The fourth-order valence-electron chi connectivity index (χ4n) is 2.62. The van der Waals surface area contributed by atoms with Crippen molar-refractivity contribution in [3.05, 3.63) is 28.5 Å². The lowest BCUT2D eigenvalue weighted by Gasteiger charge is -2.27. The average Bonchev–Trinajstić information content (AvgIpc) is 2.72. The summed E-state index contributed by atoms with van der Waals surface area (Å²) in [7, 11) is 1.85. The van der Waals surface area contributed by atoms with Crippen molar-refractivity contribution in [2.45, 2.75) is 25.7 Å². The number of imidazole rings is 1. The Morgan fingerprint density at radius 3 is 3.00 bits per heavy atom. The number of carbonyl (C=O) groups excluding carboxylic acids is 1. The number of aryl methyl sites for hydroxylation is 1. The van der Waals surface area contributed by atoms with Gasteiger partial charge in [-0.05, 0) is 29.3 Å². The largest absolute Gasteiger partial charge is 0.346 e. The Morgan fingerprint density at radius 2 is 2.26 bits per heavy atom. The summed E-state index contributed by atoms with van der Waals surface area (Å²) in [6, 6.07) is 0. The number of aromatic nitrogens is 3. The van der Waals surface area contributed by atoms with Crippen LogP contribution in [-0.4, -0.2) is 38.8 Å². The number of hydrogen-bond acceptors (Lipinski definition) is 3. The maximum Gasteiger partial charge on any atom is 0.223 e. The van der Waals surface area contributed by atoms with E-state index in [-0.39, 0.29) is 11.8 Å². The van der Waals surface area contributed by atoms with Crippen molar-refractivity contribution in [2.75, 3.05) is 13.6 Å². The van der Waals surface area contributed by atoms with Crippen molar-refractivity contribution >= 4 is 27.4 Å². The minimum Gasteiger partial charge on any atom is -0.346 e. The van der Waals surface area contributed by atoms with Crippen LogP contribution in [-0.2, 0) is 4.79 Å². The second-order valence-electron chi connectivity index (χ2n) is 5.00. The molecule has 100 valence electrons. The Bertz CT molecular complexity index is 651. The van der Waals surface area contributed by atoms with Gasteiger partial charge in [0.25, 0.3) is 0 Å². The molecule has 3 rings (SSSR count). The van der Waals surface area contributed by atoms with E-state index in [4.69, 9.17) is 0 Å². The van der Waals surface area contributed by atoms with Crippen molar-refractivity contribution in [3.8, 4) is 0 Å². The first-order chi connectivity index (χ1) is 9.08. The molecule has 5 nitrogen and oxygen atoms in total. The van der Waals surface area contributed by atoms with Crippen molar-refractivity contribution in [2.24, 2.45) is 0 Å². The van der Waals surface area contributed by atoms with E-state index in [2.05, 4.69) is 30.3 Å². The summed E-state index contributed by atoms with van der Waals surface area (Å²) in [5.74, 6) is 1.33. The molecule has 1 atom stereocenters. The summed E-state index contributed by atoms with van der Waals surface area (Å²) in [5.41, 5.74) is 1.93. The second kappa shape index (κ2) is 4.59. The van der Waals surface area contributed by atoms with Gasteiger partial charge < -0.3 is 4.90 Å². The van der Waals surface area contributed by atoms with Gasteiger partial charge in [0.15, 0.2) is 0 Å². The molecule has 19 heavy (non-hydrogen) atoms. The van der Waals surface area contributed by atoms with Gasteiger partial charge in [0.05, 0.1) is 5.69 Å². The Balaban J connectivity index is 2.07. The number of piperidine rings is 1. The number of amides is 1. The van der Waals surface area contributed by atoms with Crippen molar-refractivity contribution < 1.29 is 4.79 Å². The number of carbonyl (C=O) groups is 1. The minimum atomic E-state index is 0.185. The summed E-state index contributed by atoms with van der Waals surface area (Å²) in [6.07, 6.45) is 5.17. The van der Waals surface area contributed by atoms with Gasteiger partial charge in [-0.1, -0.05) is 0 Å². The van der Waals surface area contributed by atoms with Crippen LogP contribution in [0.3, 0.4) is 0 Å². The third kappa shape index (κ3) is 2.04. The van der Waals surface area contributed by atoms with Crippen LogP contribution >= 0.6 is 15.9 Å². The molecule has 2 aromatic heterocycles.